The van der Waals surface area contributed by atoms with Crippen molar-refractivity contribution in [1.29, 1.82) is 0 Å². The van der Waals surface area contributed by atoms with Gasteiger partial charge >= 0.3 is 0 Å². The van der Waals surface area contributed by atoms with Crippen LogP contribution < -0.4 is 9.47 Å². The average Bonchev–Trinajstić information content (AvgIpc) is 2.84. The maximum Gasteiger partial charge on any atom is 0.118 e. The molecule has 0 saturated heterocycles. The lowest BCUT2D eigenvalue weighted by atomic mass is 9.83. The van der Waals surface area contributed by atoms with Gasteiger partial charge in [0.2, 0.25) is 0 Å². The Morgan fingerprint density at radius 2 is 1.34 bits per heavy atom. The van der Waals surface area contributed by atoms with Crippen LogP contribution >= 0.6 is 0 Å². The van der Waals surface area contributed by atoms with E-state index in [1.807, 2.05) is 54.6 Å². The van der Waals surface area contributed by atoms with E-state index < -0.39 is 0 Å². The molecule has 1 heterocycles. The zero-order chi connectivity index (χ0) is 22.7. The molecule has 0 aliphatic carbocycles. The van der Waals surface area contributed by atoms with E-state index >= 15 is 0 Å². The van der Waals surface area contributed by atoms with Crippen LogP contribution in [0.2, 0.25) is 0 Å². The quantitative estimate of drug-likeness (QED) is 0.408. The average molecular weight is 428 g/mol. The summed E-state index contributed by atoms with van der Waals surface area (Å²) in [6.45, 7) is 4.77. The number of hydroxylamine groups is 2. The van der Waals surface area contributed by atoms with Crippen molar-refractivity contribution in [2.24, 2.45) is 0 Å². The molecule has 0 saturated carbocycles. The fourth-order valence-electron chi connectivity index (χ4n) is 4.37. The number of hydrogen-bond donors (Lipinski definition) is 1. The Bertz CT molecular complexity index is 1200. The number of hydrogen-bond acceptors (Lipinski definition) is 4. The highest BCUT2D eigenvalue weighted by atomic mass is 16.5. The summed E-state index contributed by atoms with van der Waals surface area (Å²) in [7, 11) is 3.33. The predicted molar refractivity (Wildman–Crippen MR) is 129 cm³/mol. The fourth-order valence-corrected chi connectivity index (χ4v) is 4.37. The van der Waals surface area contributed by atoms with Crippen molar-refractivity contribution in [1.82, 2.24) is 5.06 Å². The minimum atomic E-state index is -0.158. The van der Waals surface area contributed by atoms with Crippen molar-refractivity contribution >= 4 is 10.8 Å². The van der Waals surface area contributed by atoms with E-state index in [4.69, 9.17) is 9.47 Å². The van der Waals surface area contributed by atoms with Gasteiger partial charge in [-0.05, 0) is 76.7 Å². The standard InChI is InChI=1S/C21H21NO2.C7H8O/c1-13-4-6-15-7-5-14(2)19-20(15)18(13)12-22(23)21(19)16-8-10-17(24-3)11-9-16;1-8-7-5-3-2-4-6-7/h4-11,21,23H,12H2,1-3H3;2-6H,1H3. The Labute approximate surface area is 189 Å². The molecule has 4 aromatic carbocycles. The minimum absolute atomic E-state index is 0.158. The second kappa shape index (κ2) is 9.43. The third-order valence-corrected chi connectivity index (χ3v) is 6.09. The van der Waals surface area contributed by atoms with Crippen LogP contribution in [0.3, 0.4) is 0 Å². The van der Waals surface area contributed by atoms with Gasteiger partial charge in [0.1, 0.15) is 11.5 Å². The summed E-state index contributed by atoms with van der Waals surface area (Å²) in [5.74, 6) is 1.73. The van der Waals surface area contributed by atoms with Crippen molar-refractivity contribution in [3.63, 3.8) is 0 Å². The van der Waals surface area contributed by atoms with Crippen LogP contribution in [-0.4, -0.2) is 24.5 Å². The topological polar surface area (TPSA) is 41.9 Å². The van der Waals surface area contributed by atoms with Crippen LogP contribution in [0.5, 0.6) is 11.5 Å². The second-order valence-electron chi connectivity index (χ2n) is 8.05. The smallest absolute Gasteiger partial charge is 0.118 e. The predicted octanol–water partition coefficient (Wildman–Crippen LogP) is 6.45. The third kappa shape index (κ3) is 4.20. The summed E-state index contributed by atoms with van der Waals surface area (Å²) in [6.07, 6.45) is 0. The van der Waals surface area contributed by atoms with Crippen LogP contribution in [-0.2, 0) is 6.54 Å². The van der Waals surface area contributed by atoms with Crippen molar-refractivity contribution in [2.75, 3.05) is 14.2 Å². The zero-order valence-corrected chi connectivity index (χ0v) is 19.0. The summed E-state index contributed by atoms with van der Waals surface area (Å²) in [5.41, 5.74) is 5.92. The summed E-state index contributed by atoms with van der Waals surface area (Å²) < 4.78 is 10.2. The number of aryl methyl sites for hydroxylation is 2. The van der Waals surface area contributed by atoms with Gasteiger partial charge in [-0.1, -0.05) is 54.6 Å². The molecule has 0 aromatic heterocycles. The van der Waals surface area contributed by atoms with Gasteiger partial charge in [-0.3, -0.25) is 0 Å². The molecule has 1 unspecified atom stereocenters. The minimum Gasteiger partial charge on any atom is -0.497 e. The van der Waals surface area contributed by atoms with Gasteiger partial charge in [0.05, 0.1) is 26.8 Å². The SMILES string of the molecule is COc1ccc(C2c3c(C)ccc4ccc(C)c(c34)CN2O)cc1.COc1ccccc1. The summed E-state index contributed by atoms with van der Waals surface area (Å²) >= 11 is 0. The third-order valence-electron chi connectivity index (χ3n) is 6.09. The highest BCUT2D eigenvalue weighted by molar-refractivity contribution is 5.92. The van der Waals surface area contributed by atoms with Crippen LogP contribution in [0.25, 0.3) is 10.8 Å². The number of para-hydroxylation sites is 1. The zero-order valence-electron chi connectivity index (χ0n) is 19.0. The first-order valence-corrected chi connectivity index (χ1v) is 10.7. The van der Waals surface area contributed by atoms with Gasteiger partial charge in [0, 0.05) is 0 Å². The lowest BCUT2D eigenvalue weighted by molar-refractivity contribution is -0.127. The Morgan fingerprint density at radius 1 is 0.750 bits per heavy atom. The van der Waals surface area contributed by atoms with Gasteiger partial charge in [-0.15, -0.1) is 0 Å². The highest BCUT2D eigenvalue weighted by Crippen LogP contribution is 2.42. The summed E-state index contributed by atoms with van der Waals surface area (Å²) in [5, 5.41) is 14.8. The first-order valence-electron chi connectivity index (χ1n) is 10.7. The van der Waals surface area contributed by atoms with Gasteiger partial charge in [0.25, 0.3) is 0 Å². The van der Waals surface area contributed by atoms with Crippen molar-refractivity contribution < 1.29 is 14.7 Å². The molecule has 0 fully saturated rings. The van der Waals surface area contributed by atoms with Gasteiger partial charge in [-0.25, -0.2) is 0 Å². The van der Waals surface area contributed by atoms with E-state index in [1.165, 1.54) is 38.1 Å². The normalized spacial score (nSPS) is 15.1. The maximum atomic E-state index is 10.8. The van der Waals surface area contributed by atoms with Crippen molar-refractivity contribution in [3.8, 4) is 11.5 Å². The molecule has 1 atom stereocenters. The van der Waals surface area contributed by atoms with Gasteiger partial charge in [0.15, 0.2) is 0 Å². The molecule has 1 aliphatic heterocycles. The number of methoxy groups -OCH3 is 2. The highest BCUT2D eigenvalue weighted by Gasteiger charge is 2.31. The molecule has 0 bridgehead atoms. The largest absolute Gasteiger partial charge is 0.497 e. The number of benzene rings is 4. The molecule has 4 aromatic rings. The van der Waals surface area contributed by atoms with Gasteiger partial charge < -0.3 is 14.7 Å². The molecule has 5 rings (SSSR count). The molecule has 0 radical (unpaired) electrons. The molecule has 1 N–H and O–H groups in total. The van der Waals surface area contributed by atoms with Crippen LogP contribution in [0.4, 0.5) is 0 Å². The molecule has 0 spiro atoms. The van der Waals surface area contributed by atoms with Crippen molar-refractivity contribution in [2.45, 2.75) is 26.4 Å². The molecule has 1 aliphatic rings. The monoisotopic (exact) mass is 427 g/mol. The molecular formula is C28H29NO3. The van der Waals surface area contributed by atoms with E-state index in [0.717, 1.165) is 17.1 Å². The molecule has 4 nitrogen and oxygen atoms in total. The van der Waals surface area contributed by atoms with Crippen LogP contribution in [0.15, 0.2) is 78.9 Å². The van der Waals surface area contributed by atoms with Crippen LogP contribution in [0, 0.1) is 13.8 Å². The second-order valence-corrected chi connectivity index (χ2v) is 8.05. The Hall–Kier alpha value is -3.34. The Kier molecular flexibility index (Phi) is 6.45. The van der Waals surface area contributed by atoms with E-state index in [-0.39, 0.29) is 6.04 Å². The van der Waals surface area contributed by atoms with E-state index in [2.05, 4.69) is 38.1 Å². The first-order chi connectivity index (χ1) is 15.5. The molecule has 32 heavy (non-hydrogen) atoms. The summed E-state index contributed by atoms with van der Waals surface area (Å²) in [6, 6.07) is 26.1. The molecular weight excluding hydrogens is 398 g/mol. The Balaban J connectivity index is 0.000000260. The lowest BCUT2D eigenvalue weighted by Gasteiger charge is -2.35. The number of rotatable bonds is 3. The molecule has 0 amide bonds. The van der Waals surface area contributed by atoms with E-state index in [1.54, 1.807) is 14.2 Å². The lowest BCUT2D eigenvalue weighted by Crippen LogP contribution is -2.30. The number of ether oxygens (including phenoxy) is 2. The number of nitrogens with zero attached hydrogens (tertiary/aromatic N) is 1. The van der Waals surface area contributed by atoms with E-state index in [0.29, 0.717) is 6.54 Å². The van der Waals surface area contributed by atoms with Gasteiger partial charge in [-0.2, -0.15) is 5.06 Å². The first kappa shape index (κ1) is 21.9. The molecule has 164 valence electrons. The maximum absolute atomic E-state index is 10.8. The Morgan fingerprint density at radius 3 is 1.94 bits per heavy atom. The van der Waals surface area contributed by atoms with Crippen LogP contribution in [0.1, 0.15) is 33.9 Å². The van der Waals surface area contributed by atoms with Crippen molar-refractivity contribution in [3.05, 3.63) is 107 Å². The van der Waals surface area contributed by atoms with E-state index in [9.17, 15) is 5.21 Å². The summed E-state index contributed by atoms with van der Waals surface area (Å²) in [4.78, 5) is 0. The molecule has 4 heteroatoms. The fraction of sp³-hybridized carbons (Fsp3) is 0.214.